The van der Waals surface area contributed by atoms with Crippen LogP contribution in [0.25, 0.3) is 0 Å². The highest BCUT2D eigenvalue weighted by atomic mass is 32.2. The van der Waals surface area contributed by atoms with Crippen molar-refractivity contribution in [1.29, 1.82) is 0 Å². The molecule has 5 nitrogen and oxygen atoms in total. The summed E-state index contributed by atoms with van der Waals surface area (Å²) < 4.78 is 0. The predicted molar refractivity (Wildman–Crippen MR) is 91.1 cm³/mol. The Balaban J connectivity index is 1.72. The summed E-state index contributed by atoms with van der Waals surface area (Å²) in [6.45, 7) is 7.84. The lowest BCUT2D eigenvalue weighted by atomic mass is 10.3. The van der Waals surface area contributed by atoms with Crippen molar-refractivity contribution in [3.8, 4) is 0 Å². The van der Waals surface area contributed by atoms with Gasteiger partial charge in [-0.1, -0.05) is 6.92 Å². The molecule has 22 heavy (non-hydrogen) atoms. The highest BCUT2D eigenvalue weighted by molar-refractivity contribution is 7.99. The Morgan fingerprint density at radius 2 is 1.55 bits per heavy atom. The highest BCUT2D eigenvalue weighted by Gasteiger charge is 2.23. The summed E-state index contributed by atoms with van der Waals surface area (Å²) in [6, 6.07) is 0. The summed E-state index contributed by atoms with van der Waals surface area (Å²) in [6.07, 6.45) is 3.90. The van der Waals surface area contributed by atoms with Gasteiger partial charge in [0.05, 0.1) is 6.54 Å². The third-order valence-electron chi connectivity index (χ3n) is 4.42. The maximum Gasteiger partial charge on any atom is 0.236 e. The van der Waals surface area contributed by atoms with E-state index >= 15 is 0 Å². The molecule has 2 aliphatic rings. The van der Waals surface area contributed by atoms with Crippen LogP contribution in [0.15, 0.2) is 0 Å². The lowest BCUT2D eigenvalue weighted by Crippen LogP contribution is -2.41. The van der Waals surface area contributed by atoms with E-state index in [1.165, 1.54) is 0 Å². The second-order valence-electron chi connectivity index (χ2n) is 6.05. The van der Waals surface area contributed by atoms with Crippen molar-refractivity contribution in [1.82, 2.24) is 14.7 Å². The van der Waals surface area contributed by atoms with Crippen LogP contribution in [0, 0.1) is 0 Å². The van der Waals surface area contributed by atoms with Crippen molar-refractivity contribution in [2.75, 3.05) is 57.3 Å². The molecular weight excluding hydrogens is 298 g/mol. The molecule has 2 aliphatic heterocycles. The predicted octanol–water partition coefficient (Wildman–Crippen LogP) is 1.29. The van der Waals surface area contributed by atoms with Crippen LogP contribution in [0.2, 0.25) is 0 Å². The Kier molecular flexibility index (Phi) is 7.52. The Hall–Kier alpha value is -0.750. The maximum absolute atomic E-state index is 12.2. The van der Waals surface area contributed by atoms with Gasteiger partial charge in [0.15, 0.2) is 0 Å². The van der Waals surface area contributed by atoms with E-state index in [4.69, 9.17) is 0 Å². The van der Waals surface area contributed by atoms with Crippen molar-refractivity contribution in [3.63, 3.8) is 0 Å². The second-order valence-corrected chi connectivity index (χ2v) is 7.44. The molecule has 6 heteroatoms. The van der Waals surface area contributed by atoms with E-state index in [-0.39, 0.29) is 11.8 Å². The molecular formula is C16H29N3O2S. The third-order valence-corrected chi connectivity index (χ3v) is 5.32. The van der Waals surface area contributed by atoms with E-state index in [0.29, 0.717) is 13.0 Å². The molecule has 0 aromatic heterocycles. The molecule has 2 amide bonds. The Morgan fingerprint density at radius 3 is 2.27 bits per heavy atom. The molecule has 2 fully saturated rings. The molecule has 0 aromatic carbocycles. The van der Waals surface area contributed by atoms with Crippen LogP contribution in [0.3, 0.4) is 0 Å². The minimum absolute atomic E-state index is 0.261. The Labute approximate surface area is 138 Å². The number of carbonyl (C=O) groups excluding carboxylic acids is 2. The fourth-order valence-electron chi connectivity index (χ4n) is 3.10. The molecule has 126 valence electrons. The minimum Gasteiger partial charge on any atom is -0.342 e. The zero-order chi connectivity index (χ0) is 15.8. The van der Waals surface area contributed by atoms with Gasteiger partial charge in [0.25, 0.3) is 0 Å². The molecule has 0 atom stereocenters. The van der Waals surface area contributed by atoms with Gasteiger partial charge in [0, 0.05) is 51.4 Å². The number of nitrogens with zero attached hydrogens (tertiary/aromatic N) is 3. The van der Waals surface area contributed by atoms with Crippen LogP contribution in [0.1, 0.15) is 32.6 Å². The molecule has 2 rings (SSSR count). The van der Waals surface area contributed by atoms with Crippen LogP contribution in [-0.2, 0) is 9.59 Å². The largest absolute Gasteiger partial charge is 0.342 e. The average molecular weight is 327 g/mol. The average Bonchev–Trinajstić information content (AvgIpc) is 2.95. The van der Waals surface area contributed by atoms with Crippen LogP contribution >= 0.6 is 11.8 Å². The van der Waals surface area contributed by atoms with Gasteiger partial charge < -0.3 is 9.80 Å². The smallest absolute Gasteiger partial charge is 0.236 e. The van der Waals surface area contributed by atoms with E-state index in [2.05, 4.69) is 11.8 Å². The highest BCUT2D eigenvalue weighted by Crippen LogP contribution is 2.11. The molecule has 2 saturated heterocycles. The number of hydrogen-bond donors (Lipinski definition) is 0. The molecule has 0 unspecified atom stereocenters. The SMILES string of the molecule is CCSCCC(=O)N1CCCN(CC(=O)N2CCCC2)CC1. The van der Waals surface area contributed by atoms with Crippen molar-refractivity contribution in [2.45, 2.75) is 32.6 Å². The quantitative estimate of drug-likeness (QED) is 0.690. The van der Waals surface area contributed by atoms with Crippen molar-refractivity contribution < 1.29 is 9.59 Å². The number of likely N-dealkylation sites (tertiary alicyclic amines) is 1. The Bertz CT molecular complexity index is 372. The number of hydrogen-bond acceptors (Lipinski definition) is 4. The fourth-order valence-corrected chi connectivity index (χ4v) is 3.71. The molecule has 2 heterocycles. The number of thioether (sulfide) groups is 1. The lowest BCUT2D eigenvalue weighted by Gasteiger charge is -2.24. The van der Waals surface area contributed by atoms with Crippen molar-refractivity contribution in [3.05, 3.63) is 0 Å². The number of rotatable bonds is 6. The first kappa shape index (κ1) is 17.6. The zero-order valence-corrected chi connectivity index (χ0v) is 14.6. The van der Waals surface area contributed by atoms with Crippen molar-refractivity contribution in [2.24, 2.45) is 0 Å². The standard InChI is InChI=1S/C16H29N3O2S/c1-2-22-13-6-15(20)19-10-5-7-17(11-12-19)14-16(21)18-8-3-4-9-18/h2-14H2,1H3. The van der Waals surface area contributed by atoms with Gasteiger partial charge in [-0.05, 0) is 25.0 Å². The van der Waals surface area contributed by atoms with Gasteiger partial charge in [-0.2, -0.15) is 11.8 Å². The monoisotopic (exact) mass is 327 g/mol. The summed E-state index contributed by atoms with van der Waals surface area (Å²) >= 11 is 1.82. The molecule has 0 spiro atoms. The normalized spacial score (nSPS) is 20.2. The summed E-state index contributed by atoms with van der Waals surface area (Å²) in [5.74, 6) is 2.52. The van der Waals surface area contributed by atoms with Crippen LogP contribution in [-0.4, -0.2) is 83.8 Å². The van der Waals surface area contributed by atoms with E-state index in [0.717, 1.165) is 70.0 Å². The minimum atomic E-state index is 0.261. The zero-order valence-electron chi connectivity index (χ0n) is 13.8. The van der Waals surface area contributed by atoms with E-state index in [1.807, 2.05) is 21.6 Å². The van der Waals surface area contributed by atoms with Crippen LogP contribution < -0.4 is 0 Å². The van der Waals surface area contributed by atoms with Gasteiger partial charge in [0.1, 0.15) is 0 Å². The first-order valence-corrected chi connectivity index (χ1v) is 9.72. The second kappa shape index (κ2) is 9.40. The third kappa shape index (κ3) is 5.47. The van der Waals surface area contributed by atoms with Gasteiger partial charge in [0.2, 0.25) is 11.8 Å². The molecule has 0 bridgehead atoms. The van der Waals surface area contributed by atoms with Crippen LogP contribution in [0.5, 0.6) is 0 Å². The lowest BCUT2D eigenvalue weighted by molar-refractivity contribution is -0.131. The molecule has 0 aromatic rings. The van der Waals surface area contributed by atoms with Crippen molar-refractivity contribution >= 4 is 23.6 Å². The summed E-state index contributed by atoms with van der Waals surface area (Å²) in [5.41, 5.74) is 0. The van der Waals surface area contributed by atoms with E-state index in [9.17, 15) is 9.59 Å². The van der Waals surface area contributed by atoms with Gasteiger partial charge in [-0.15, -0.1) is 0 Å². The van der Waals surface area contributed by atoms with Crippen LogP contribution in [0.4, 0.5) is 0 Å². The van der Waals surface area contributed by atoms with Gasteiger partial charge >= 0.3 is 0 Å². The Morgan fingerprint density at radius 1 is 0.864 bits per heavy atom. The summed E-state index contributed by atoms with van der Waals surface area (Å²) in [7, 11) is 0. The summed E-state index contributed by atoms with van der Waals surface area (Å²) in [5, 5.41) is 0. The maximum atomic E-state index is 12.2. The first-order chi connectivity index (χ1) is 10.7. The topological polar surface area (TPSA) is 43.9 Å². The number of amides is 2. The van der Waals surface area contributed by atoms with Gasteiger partial charge in [-0.3, -0.25) is 14.5 Å². The molecule has 0 radical (unpaired) electrons. The first-order valence-electron chi connectivity index (χ1n) is 8.56. The summed E-state index contributed by atoms with van der Waals surface area (Å²) in [4.78, 5) is 30.6. The number of carbonyl (C=O) groups is 2. The molecule has 0 N–H and O–H groups in total. The molecule has 0 saturated carbocycles. The van der Waals surface area contributed by atoms with E-state index in [1.54, 1.807) is 0 Å². The molecule has 0 aliphatic carbocycles. The van der Waals surface area contributed by atoms with E-state index < -0.39 is 0 Å². The van der Waals surface area contributed by atoms with Gasteiger partial charge in [-0.25, -0.2) is 0 Å². The fraction of sp³-hybridized carbons (Fsp3) is 0.875.